The van der Waals surface area contributed by atoms with E-state index in [1.807, 2.05) is 20.8 Å². The number of carbonyl (C=O) groups is 3. The molecule has 1 heterocycles. The van der Waals surface area contributed by atoms with Crippen molar-refractivity contribution in [3.05, 3.63) is 63.0 Å². The molecule has 0 bridgehead atoms. The van der Waals surface area contributed by atoms with Crippen LogP contribution in [0.3, 0.4) is 0 Å². The average Bonchev–Trinajstić information content (AvgIpc) is 3.64. The summed E-state index contributed by atoms with van der Waals surface area (Å²) in [5, 5.41) is 58.4. The van der Waals surface area contributed by atoms with E-state index in [2.05, 4.69) is 5.32 Å². The number of phenolic OH excluding ortho intramolecular Hbond substituents is 1. The molecule has 1 aromatic heterocycles. The average molecular weight is 843 g/mol. The lowest BCUT2D eigenvalue weighted by Crippen LogP contribution is -2.65. The molecule has 0 aliphatic heterocycles. The minimum atomic E-state index is -1.95. The number of hydrogen-bond donors (Lipinski definition) is 6. The largest absolute Gasteiger partial charge is 0.503 e. The van der Waals surface area contributed by atoms with Crippen LogP contribution < -0.4 is 10.9 Å². The number of nitrogens with zero attached hydrogens (tertiary/aromatic N) is 1. The van der Waals surface area contributed by atoms with E-state index in [1.54, 1.807) is 30.9 Å². The predicted octanol–water partition coefficient (Wildman–Crippen LogP) is 5.82. The molecule has 15 heteroatoms. The molecule has 60 heavy (non-hydrogen) atoms. The Morgan fingerprint density at radius 2 is 1.60 bits per heavy atom. The van der Waals surface area contributed by atoms with E-state index < -0.39 is 105 Å². The number of unbranched alkanes of at least 4 members (excludes halogenated alkanes) is 9. The first-order valence-corrected chi connectivity index (χ1v) is 21.4. The van der Waals surface area contributed by atoms with Gasteiger partial charge in [0.25, 0.3) is 5.91 Å². The van der Waals surface area contributed by atoms with Crippen molar-refractivity contribution in [1.29, 1.82) is 0 Å². The summed E-state index contributed by atoms with van der Waals surface area (Å²) < 4.78 is 38.9. The van der Waals surface area contributed by atoms with Gasteiger partial charge in [0, 0.05) is 60.5 Å². The summed E-state index contributed by atoms with van der Waals surface area (Å²) in [6, 6.07) is 1.83. The van der Waals surface area contributed by atoms with E-state index in [1.165, 1.54) is 0 Å². The van der Waals surface area contributed by atoms with Gasteiger partial charge in [-0.3, -0.25) is 9.59 Å². The van der Waals surface area contributed by atoms with Crippen LogP contribution in [0.25, 0.3) is 11.0 Å². The molecule has 6 N–H and O–H groups in total. The second-order valence-electron chi connectivity index (χ2n) is 18.0. The van der Waals surface area contributed by atoms with Crippen LogP contribution in [0, 0.1) is 40.7 Å². The molecule has 0 spiro atoms. The Morgan fingerprint density at radius 1 is 0.983 bits per heavy atom. The highest BCUT2D eigenvalue weighted by molar-refractivity contribution is 6.05. The normalized spacial score (nSPS) is 30.1. The summed E-state index contributed by atoms with van der Waals surface area (Å²) in [6.07, 6.45) is 10.8. The van der Waals surface area contributed by atoms with Crippen molar-refractivity contribution in [1.82, 2.24) is 10.2 Å². The van der Waals surface area contributed by atoms with Gasteiger partial charge in [0.1, 0.15) is 22.9 Å². The number of hydrogen-bond acceptors (Lipinski definition) is 11. The maximum Gasteiger partial charge on any atom is 0.410 e. The number of fused-ring (bicyclic) bond motifs is 6. The number of nitrogens with one attached hydrogen (secondary N) is 1. The first-order valence-electron chi connectivity index (χ1n) is 21.4. The second-order valence-corrected chi connectivity index (χ2v) is 18.0. The Balaban J connectivity index is 0.903. The third-order valence-corrected chi connectivity index (χ3v) is 14.2. The lowest BCUT2D eigenvalue weighted by atomic mass is 9.59. The number of aromatic hydroxyl groups is 1. The molecule has 2 saturated carbocycles. The zero-order valence-corrected chi connectivity index (χ0v) is 35.2. The van der Waals surface area contributed by atoms with Gasteiger partial charge in [-0.05, 0) is 50.0 Å². The molecule has 2 amide bonds. The lowest BCUT2D eigenvalue weighted by molar-refractivity contribution is -0.210. The third kappa shape index (κ3) is 7.57. The Labute approximate surface area is 348 Å². The summed E-state index contributed by atoms with van der Waals surface area (Å²) in [7, 11) is 0. The fourth-order valence-corrected chi connectivity index (χ4v) is 10.7. The Kier molecular flexibility index (Phi) is 13.1. The number of Topliss-reactive ketones (excluding diaryl/α,β-unsaturated/α-hetero) is 1. The van der Waals surface area contributed by atoms with E-state index in [4.69, 9.17) is 9.15 Å². The zero-order chi connectivity index (χ0) is 43.9. The summed E-state index contributed by atoms with van der Waals surface area (Å²) in [5.41, 5.74) is -7.14. The third-order valence-electron chi connectivity index (χ3n) is 14.2. The molecular formula is C45H60F2N2O11. The molecule has 8 atom stereocenters. The van der Waals surface area contributed by atoms with Gasteiger partial charge in [0.2, 0.25) is 5.82 Å². The van der Waals surface area contributed by atoms with Crippen molar-refractivity contribution in [3.8, 4) is 5.75 Å². The van der Waals surface area contributed by atoms with Gasteiger partial charge in [-0.2, -0.15) is 4.39 Å². The van der Waals surface area contributed by atoms with Crippen molar-refractivity contribution >= 4 is 28.8 Å². The molecule has 2 fully saturated rings. The van der Waals surface area contributed by atoms with Crippen molar-refractivity contribution in [2.45, 2.75) is 128 Å². The summed E-state index contributed by atoms with van der Waals surface area (Å²) >= 11 is 0. The van der Waals surface area contributed by atoms with Crippen molar-refractivity contribution in [3.63, 3.8) is 0 Å². The highest BCUT2D eigenvalue weighted by atomic mass is 19.1. The molecule has 330 valence electrons. The van der Waals surface area contributed by atoms with Crippen LogP contribution in [0.4, 0.5) is 13.6 Å². The molecule has 4 aliphatic carbocycles. The fourth-order valence-electron chi connectivity index (χ4n) is 10.7. The van der Waals surface area contributed by atoms with Gasteiger partial charge in [-0.1, -0.05) is 84.3 Å². The predicted molar refractivity (Wildman–Crippen MR) is 217 cm³/mol. The summed E-state index contributed by atoms with van der Waals surface area (Å²) in [6.45, 7) is 9.73. The Morgan fingerprint density at radius 3 is 2.22 bits per heavy atom. The number of ether oxygens (including phenoxy) is 1. The van der Waals surface area contributed by atoms with Gasteiger partial charge in [0.05, 0.1) is 12.2 Å². The number of halogens is 2. The van der Waals surface area contributed by atoms with Gasteiger partial charge in [-0.15, -0.1) is 0 Å². The number of aliphatic hydroxyl groups is 4. The topological polar surface area (TPSA) is 207 Å². The molecule has 0 saturated heterocycles. The molecule has 0 radical (unpaired) electrons. The van der Waals surface area contributed by atoms with Crippen LogP contribution in [0.15, 0.2) is 44.6 Å². The Hall–Kier alpha value is -4.18. The van der Waals surface area contributed by atoms with Crippen molar-refractivity contribution in [2.75, 3.05) is 26.2 Å². The highest BCUT2D eigenvalue weighted by Gasteiger charge is 2.87. The van der Waals surface area contributed by atoms with E-state index in [9.17, 15) is 53.5 Å². The van der Waals surface area contributed by atoms with Gasteiger partial charge in [-0.25, -0.2) is 14.0 Å². The van der Waals surface area contributed by atoms with Crippen molar-refractivity contribution in [2.24, 2.45) is 29.1 Å². The van der Waals surface area contributed by atoms with Crippen LogP contribution in [-0.2, 0) is 9.53 Å². The number of benzene rings is 1. The molecule has 6 rings (SSSR count). The quantitative estimate of drug-likeness (QED) is 0.0636. The Bertz CT molecular complexity index is 2120. The fraction of sp³-hybridized carbons (Fsp3) is 0.644. The van der Waals surface area contributed by atoms with Crippen LogP contribution >= 0.6 is 0 Å². The van der Waals surface area contributed by atoms with Gasteiger partial charge in [0.15, 0.2) is 22.9 Å². The smallest absolute Gasteiger partial charge is 0.410 e. The minimum absolute atomic E-state index is 0.138. The summed E-state index contributed by atoms with van der Waals surface area (Å²) in [4.78, 5) is 53.4. The van der Waals surface area contributed by atoms with E-state index >= 15 is 0 Å². The molecule has 13 nitrogen and oxygen atoms in total. The number of phenols is 1. The van der Waals surface area contributed by atoms with Crippen molar-refractivity contribution < 1.29 is 57.9 Å². The monoisotopic (exact) mass is 842 g/mol. The minimum Gasteiger partial charge on any atom is -0.503 e. The number of ketones is 1. The van der Waals surface area contributed by atoms with E-state index in [0.717, 1.165) is 69.9 Å². The molecule has 1 aromatic carbocycles. The first-order chi connectivity index (χ1) is 28.3. The molecule has 4 aliphatic rings. The molecule has 2 aromatic rings. The standard InChI is InChI=1S/C45H60F2N2O11/c1-6-49(18-16-14-12-10-8-7-9-11-13-15-17-48-39(54)29-21-28-22-31(46)34(51)33(47)35(28)59-40(29)55)41(56)60-45-36(42(45,4)5)30-20-27(24-50)23-43(57)32(19-25(2)37(43)52)44(30,58)26(3)38(45)53/h19-22,26,30,32,36,38,50-51,53,57-58H,6-18,23-24H2,1-5H3,(H,48,54)/t26-,30+,32-,36-,38-,43-,44-,45-/m1/s1. The zero-order valence-electron chi connectivity index (χ0n) is 35.2. The van der Waals surface area contributed by atoms with Crippen LogP contribution in [-0.4, -0.2) is 97.4 Å². The number of rotatable bonds is 17. The highest BCUT2D eigenvalue weighted by Crippen LogP contribution is 2.76. The lowest BCUT2D eigenvalue weighted by Gasteiger charge is -2.52. The SMILES string of the molecule is CCN(CCCCCCCCCCCCNC(=O)c1cc2cc(F)c(O)c(F)c2oc1=O)C(=O)O[C@@]12[C@H](O)[C@@H](C)[C@@]3(O)[C@@H](C=C(CO)C[C@]4(O)C(=O)C(C)=C[C@@H]34)[C@@H]1C2(C)C. The van der Waals surface area contributed by atoms with Crippen LogP contribution in [0.1, 0.15) is 116 Å². The number of carbonyl (C=O) groups excluding carboxylic acids is 3. The summed E-state index contributed by atoms with van der Waals surface area (Å²) in [5.74, 6) is -8.28. The first kappa shape index (κ1) is 45.3. The maximum atomic E-state index is 14.1. The molecular weight excluding hydrogens is 782 g/mol. The maximum absolute atomic E-state index is 14.1. The number of amides is 2. The second kappa shape index (κ2) is 17.3. The molecule has 0 unspecified atom stereocenters. The van der Waals surface area contributed by atoms with E-state index in [-0.39, 0.29) is 17.4 Å². The number of aliphatic hydroxyl groups excluding tert-OH is 2. The van der Waals surface area contributed by atoms with Gasteiger partial charge >= 0.3 is 11.7 Å². The van der Waals surface area contributed by atoms with E-state index in [0.29, 0.717) is 37.2 Å². The van der Waals surface area contributed by atoms with Gasteiger partial charge < -0.3 is 44.9 Å². The van der Waals surface area contributed by atoms with Crippen LogP contribution in [0.5, 0.6) is 5.75 Å². The van der Waals surface area contributed by atoms with Crippen LogP contribution in [0.2, 0.25) is 0 Å².